The molecule has 0 saturated carbocycles. The maximum atomic E-state index is 2.28. The van der Waals surface area contributed by atoms with E-state index in [1.165, 1.54) is 11.3 Å². The molecule has 1 aromatic carbocycles. The zero-order chi connectivity index (χ0) is 10.8. The fraction of sp³-hybridized carbons (Fsp3) is 0.538. The minimum Gasteiger partial charge on any atom is -0.377 e. The van der Waals surface area contributed by atoms with Gasteiger partial charge < -0.3 is 4.90 Å². The molecule has 0 aromatic heterocycles. The SMILES string of the molecule is CN(C)c1ccccc1CC(C)(C)C. The van der Waals surface area contributed by atoms with E-state index in [0.717, 1.165) is 6.42 Å². The van der Waals surface area contributed by atoms with E-state index in [1.807, 2.05) is 0 Å². The average Bonchev–Trinajstić information content (AvgIpc) is 2.01. The Hall–Kier alpha value is -0.980. The summed E-state index contributed by atoms with van der Waals surface area (Å²) in [5.74, 6) is 0. The largest absolute Gasteiger partial charge is 0.377 e. The second-order valence-electron chi connectivity index (χ2n) is 5.26. The summed E-state index contributed by atoms with van der Waals surface area (Å²) < 4.78 is 0. The highest BCUT2D eigenvalue weighted by atomic mass is 15.1. The fourth-order valence-electron chi connectivity index (χ4n) is 1.67. The molecule has 0 amide bonds. The molecule has 0 aliphatic carbocycles. The van der Waals surface area contributed by atoms with Gasteiger partial charge in [0.1, 0.15) is 0 Å². The van der Waals surface area contributed by atoms with Crippen LogP contribution in [0.1, 0.15) is 26.3 Å². The molecule has 1 rings (SSSR count). The van der Waals surface area contributed by atoms with E-state index in [4.69, 9.17) is 0 Å². The van der Waals surface area contributed by atoms with Crippen molar-refractivity contribution in [3.8, 4) is 0 Å². The van der Waals surface area contributed by atoms with Crippen molar-refractivity contribution in [3.63, 3.8) is 0 Å². The predicted octanol–water partition coefficient (Wildman–Crippen LogP) is 3.34. The quantitative estimate of drug-likeness (QED) is 0.693. The fourth-order valence-corrected chi connectivity index (χ4v) is 1.67. The van der Waals surface area contributed by atoms with Crippen molar-refractivity contribution >= 4 is 5.69 Å². The van der Waals surface area contributed by atoms with Crippen LogP contribution in [0.4, 0.5) is 5.69 Å². The average molecular weight is 191 g/mol. The van der Waals surface area contributed by atoms with Gasteiger partial charge in [0, 0.05) is 19.8 Å². The zero-order valence-electron chi connectivity index (χ0n) is 9.96. The smallest absolute Gasteiger partial charge is 0.0393 e. The van der Waals surface area contributed by atoms with E-state index in [0.29, 0.717) is 5.41 Å². The second kappa shape index (κ2) is 4.04. The standard InChI is InChI=1S/C13H21N/c1-13(2,3)10-11-8-6-7-9-12(11)14(4)5/h6-9H,10H2,1-5H3. The van der Waals surface area contributed by atoms with Crippen LogP contribution in [0.2, 0.25) is 0 Å². The predicted molar refractivity (Wildman–Crippen MR) is 63.9 cm³/mol. The number of nitrogens with zero attached hydrogens (tertiary/aromatic N) is 1. The van der Waals surface area contributed by atoms with Gasteiger partial charge >= 0.3 is 0 Å². The summed E-state index contributed by atoms with van der Waals surface area (Å²) >= 11 is 0. The Bertz CT molecular complexity index is 294. The minimum absolute atomic E-state index is 0.353. The Balaban J connectivity index is 2.96. The Morgan fingerprint density at radius 2 is 1.64 bits per heavy atom. The number of para-hydroxylation sites is 1. The normalized spacial score (nSPS) is 11.5. The van der Waals surface area contributed by atoms with Gasteiger partial charge in [-0.3, -0.25) is 0 Å². The highest BCUT2D eigenvalue weighted by Gasteiger charge is 2.14. The van der Waals surface area contributed by atoms with Crippen LogP contribution in [0.3, 0.4) is 0 Å². The highest BCUT2D eigenvalue weighted by molar-refractivity contribution is 5.52. The van der Waals surface area contributed by atoms with Crippen molar-refractivity contribution in [2.24, 2.45) is 5.41 Å². The molecule has 1 heteroatoms. The summed E-state index contributed by atoms with van der Waals surface area (Å²) in [5, 5.41) is 0. The summed E-state index contributed by atoms with van der Waals surface area (Å²) in [4.78, 5) is 2.18. The molecule has 0 N–H and O–H groups in total. The third-order valence-electron chi connectivity index (χ3n) is 2.19. The second-order valence-corrected chi connectivity index (χ2v) is 5.26. The zero-order valence-corrected chi connectivity index (χ0v) is 9.96. The molecule has 0 aliphatic heterocycles. The summed E-state index contributed by atoms with van der Waals surface area (Å²) in [6.07, 6.45) is 1.13. The lowest BCUT2D eigenvalue weighted by molar-refractivity contribution is 0.411. The molecule has 0 saturated heterocycles. The Morgan fingerprint density at radius 1 is 1.07 bits per heavy atom. The van der Waals surface area contributed by atoms with Crippen LogP contribution in [-0.4, -0.2) is 14.1 Å². The van der Waals surface area contributed by atoms with Crippen LogP contribution in [0.5, 0.6) is 0 Å². The molecule has 78 valence electrons. The highest BCUT2D eigenvalue weighted by Crippen LogP contribution is 2.26. The summed E-state index contributed by atoms with van der Waals surface area (Å²) in [5.41, 5.74) is 3.12. The molecule has 0 aliphatic rings. The van der Waals surface area contributed by atoms with Gasteiger partial charge in [-0.1, -0.05) is 39.0 Å². The maximum absolute atomic E-state index is 2.28. The third kappa shape index (κ3) is 3.06. The number of hydrogen-bond acceptors (Lipinski definition) is 1. The number of rotatable bonds is 2. The lowest BCUT2D eigenvalue weighted by Crippen LogP contribution is -2.15. The van der Waals surface area contributed by atoms with Gasteiger partial charge in [-0.05, 0) is 23.5 Å². The van der Waals surface area contributed by atoms with Crippen molar-refractivity contribution in [2.45, 2.75) is 27.2 Å². The first-order valence-corrected chi connectivity index (χ1v) is 5.15. The first-order chi connectivity index (χ1) is 6.40. The van der Waals surface area contributed by atoms with E-state index in [9.17, 15) is 0 Å². The lowest BCUT2D eigenvalue weighted by atomic mass is 9.87. The molecular formula is C13H21N. The number of hydrogen-bond donors (Lipinski definition) is 0. The summed E-state index contributed by atoms with van der Waals surface area (Å²) in [7, 11) is 4.20. The molecular weight excluding hydrogens is 170 g/mol. The minimum atomic E-state index is 0.353. The van der Waals surface area contributed by atoms with Crippen LogP contribution in [0.25, 0.3) is 0 Å². The lowest BCUT2D eigenvalue weighted by Gasteiger charge is -2.23. The van der Waals surface area contributed by atoms with Gasteiger partial charge in [-0.25, -0.2) is 0 Å². The molecule has 0 spiro atoms. The Kier molecular flexibility index (Phi) is 3.20. The molecule has 0 bridgehead atoms. The molecule has 1 aromatic rings. The van der Waals surface area contributed by atoms with Gasteiger partial charge in [0.25, 0.3) is 0 Å². The molecule has 0 fully saturated rings. The van der Waals surface area contributed by atoms with Gasteiger partial charge in [-0.15, -0.1) is 0 Å². The van der Waals surface area contributed by atoms with Crippen LogP contribution in [0.15, 0.2) is 24.3 Å². The van der Waals surface area contributed by atoms with E-state index >= 15 is 0 Å². The maximum Gasteiger partial charge on any atom is 0.0393 e. The topological polar surface area (TPSA) is 3.24 Å². The van der Waals surface area contributed by atoms with Crippen LogP contribution < -0.4 is 4.90 Å². The molecule has 0 heterocycles. The number of benzene rings is 1. The van der Waals surface area contributed by atoms with E-state index in [-0.39, 0.29) is 0 Å². The van der Waals surface area contributed by atoms with Crippen LogP contribution in [0, 0.1) is 5.41 Å². The van der Waals surface area contributed by atoms with Crippen molar-refractivity contribution in [3.05, 3.63) is 29.8 Å². The van der Waals surface area contributed by atoms with Gasteiger partial charge in [0.15, 0.2) is 0 Å². The Labute approximate surface area is 87.7 Å². The summed E-state index contributed by atoms with van der Waals surface area (Å²) in [6, 6.07) is 8.62. The van der Waals surface area contributed by atoms with Crippen molar-refractivity contribution < 1.29 is 0 Å². The molecule has 1 nitrogen and oxygen atoms in total. The van der Waals surface area contributed by atoms with Gasteiger partial charge in [0.2, 0.25) is 0 Å². The third-order valence-corrected chi connectivity index (χ3v) is 2.19. The molecule has 0 radical (unpaired) electrons. The molecule has 14 heavy (non-hydrogen) atoms. The Morgan fingerprint density at radius 3 is 2.14 bits per heavy atom. The van der Waals surface area contributed by atoms with E-state index in [2.05, 4.69) is 64.0 Å². The first-order valence-electron chi connectivity index (χ1n) is 5.15. The monoisotopic (exact) mass is 191 g/mol. The number of anilines is 1. The van der Waals surface area contributed by atoms with Gasteiger partial charge in [-0.2, -0.15) is 0 Å². The molecule has 0 unspecified atom stereocenters. The van der Waals surface area contributed by atoms with Crippen LogP contribution in [-0.2, 0) is 6.42 Å². The first kappa shape index (κ1) is 11.1. The van der Waals surface area contributed by atoms with Crippen LogP contribution >= 0.6 is 0 Å². The van der Waals surface area contributed by atoms with E-state index < -0.39 is 0 Å². The van der Waals surface area contributed by atoms with Crippen molar-refractivity contribution in [1.82, 2.24) is 0 Å². The summed E-state index contributed by atoms with van der Waals surface area (Å²) in [6.45, 7) is 6.83. The van der Waals surface area contributed by atoms with Crippen molar-refractivity contribution in [2.75, 3.05) is 19.0 Å². The van der Waals surface area contributed by atoms with Crippen molar-refractivity contribution in [1.29, 1.82) is 0 Å². The van der Waals surface area contributed by atoms with E-state index in [1.54, 1.807) is 0 Å². The van der Waals surface area contributed by atoms with Gasteiger partial charge in [0.05, 0.1) is 0 Å². The molecule has 0 atom stereocenters.